The van der Waals surface area contributed by atoms with Crippen LogP contribution in [0.5, 0.6) is 0 Å². The average molecular weight is 538 g/mol. The number of carbonyl (C=O) groups is 4. The quantitative estimate of drug-likeness (QED) is 0.499. The Labute approximate surface area is 219 Å². The Kier molecular flexibility index (Phi) is 8.78. The summed E-state index contributed by atoms with van der Waals surface area (Å²) in [5, 5.41) is 3.20. The summed E-state index contributed by atoms with van der Waals surface area (Å²) < 4.78 is 0. The normalized spacial score (nSPS) is 19.5. The maximum Gasteiger partial charge on any atom is 0.294 e. The highest BCUT2D eigenvalue weighted by atomic mass is 35.5. The topological polar surface area (TPSA) is 86.8 Å². The van der Waals surface area contributed by atoms with Crippen molar-refractivity contribution in [1.29, 1.82) is 0 Å². The average Bonchev–Trinajstić information content (AvgIpc) is 3.14. The summed E-state index contributed by atoms with van der Waals surface area (Å²) in [5.74, 6) is -0.295. The molecule has 4 amide bonds. The number of benzene rings is 1. The van der Waals surface area contributed by atoms with Gasteiger partial charge in [-0.1, -0.05) is 55.3 Å². The van der Waals surface area contributed by atoms with Crippen LogP contribution in [0.4, 0.5) is 4.79 Å². The number of nitrogens with one attached hydrogen (secondary N) is 1. The lowest BCUT2D eigenvalue weighted by molar-refractivity contribution is -0.129. The SMILES string of the molecule is O=C(CN1C(=O)SC(=C2CCN(C(=O)c3cc(Cl)ccc3Cl)CC2)C1=O)NCCC1CCCCC1. The Morgan fingerprint density at radius 3 is 2.49 bits per heavy atom. The van der Waals surface area contributed by atoms with Crippen molar-refractivity contribution in [3.8, 4) is 0 Å². The predicted octanol–water partition coefficient (Wildman–Crippen LogP) is 5.27. The number of thioether (sulfide) groups is 1. The summed E-state index contributed by atoms with van der Waals surface area (Å²) in [7, 11) is 0. The molecule has 35 heavy (non-hydrogen) atoms. The number of carbonyl (C=O) groups excluding carboxylic acids is 4. The van der Waals surface area contributed by atoms with Gasteiger partial charge in [-0.15, -0.1) is 0 Å². The van der Waals surface area contributed by atoms with E-state index in [2.05, 4.69) is 5.32 Å². The standard InChI is InChI=1S/C25H29Cl2N3O4S/c26-18-6-7-20(27)19(14-18)23(32)29-12-9-17(10-13-29)22-24(33)30(25(34)35-22)15-21(31)28-11-8-16-4-2-1-3-5-16/h6-7,14,16H,1-5,8-13,15H2,(H,28,31). The number of hydrogen-bond acceptors (Lipinski definition) is 5. The molecule has 188 valence electrons. The fourth-order valence-corrected chi connectivity index (χ4v) is 6.23. The van der Waals surface area contributed by atoms with Crippen molar-refractivity contribution in [3.05, 3.63) is 44.3 Å². The van der Waals surface area contributed by atoms with Crippen molar-refractivity contribution < 1.29 is 19.2 Å². The van der Waals surface area contributed by atoms with Gasteiger partial charge in [0, 0.05) is 24.7 Å². The van der Waals surface area contributed by atoms with E-state index in [-0.39, 0.29) is 18.4 Å². The number of rotatable bonds is 6. The van der Waals surface area contributed by atoms with Crippen molar-refractivity contribution >= 4 is 57.9 Å². The predicted molar refractivity (Wildman–Crippen MR) is 138 cm³/mol. The fourth-order valence-electron chi connectivity index (χ4n) is 4.88. The second-order valence-electron chi connectivity index (χ2n) is 9.25. The molecule has 1 aliphatic carbocycles. The third kappa shape index (κ3) is 6.40. The third-order valence-electron chi connectivity index (χ3n) is 6.88. The van der Waals surface area contributed by atoms with Crippen molar-refractivity contribution in [2.45, 2.75) is 51.4 Å². The second-order valence-corrected chi connectivity index (χ2v) is 11.1. The van der Waals surface area contributed by atoms with Crippen LogP contribution in [-0.2, 0) is 9.59 Å². The van der Waals surface area contributed by atoms with E-state index in [1.165, 1.54) is 32.1 Å². The minimum absolute atomic E-state index is 0.213. The van der Waals surface area contributed by atoms with Gasteiger partial charge in [-0.3, -0.25) is 24.1 Å². The van der Waals surface area contributed by atoms with Crippen LogP contribution in [0.1, 0.15) is 61.7 Å². The van der Waals surface area contributed by atoms with Crippen LogP contribution in [-0.4, -0.2) is 58.9 Å². The largest absolute Gasteiger partial charge is 0.355 e. The molecular formula is C25H29Cl2N3O4S. The minimum atomic E-state index is -0.427. The van der Waals surface area contributed by atoms with E-state index in [4.69, 9.17) is 23.2 Å². The molecule has 4 rings (SSSR count). The summed E-state index contributed by atoms with van der Waals surface area (Å²) in [4.78, 5) is 53.7. The van der Waals surface area contributed by atoms with Gasteiger partial charge < -0.3 is 10.2 Å². The molecule has 3 aliphatic rings. The lowest BCUT2D eigenvalue weighted by atomic mass is 9.87. The number of hydrogen-bond donors (Lipinski definition) is 1. The van der Waals surface area contributed by atoms with Gasteiger partial charge in [0.1, 0.15) is 6.54 Å². The Morgan fingerprint density at radius 1 is 1.06 bits per heavy atom. The number of piperidine rings is 1. The zero-order valence-corrected chi connectivity index (χ0v) is 21.8. The first-order valence-corrected chi connectivity index (χ1v) is 13.7. The Balaban J connectivity index is 1.30. The molecule has 0 bridgehead atoms. The van der Waals surface area contributed by atoms with Gasteiger partial charge in [0.05, 0.1) is 15.5 Å². The molecule has 2 aliphatic heterocycles. The minimum Gasteiger partial charge on any atom is -0.355 e. The molecule has 0 radical (unpaired) electrons. The highest BCUT2D eigenvalue weighted by Crippen LogP contribution is 2.36. The summed E-state index contributed by atoms with van der Waals surface area (Å²) >= 11 is 13.1. The molecule has 1 aromatic carbocycles. The Bertz CT molecular complexity index is 1050. The number of amides is 4. The summed E-state index contributed by atoms with van der Waals surface area (Å²) in [6.07, 6.45) is 8.12. The van der Waals surface area contributed by atoms with E-state index < -0.39 is 11.1 Å². The van der Waals surface area contributed by atoms with Crippen LogP contribution < -0.4 is 5.32 Å². The van der Waals surface area contributed by atoms with Gasteiger partial charge in [-0.25, -0.2) is 0 Å². The van der Waals surface area contributed by atoms with Crippen molar-refractivity contribution in [3.63, 3.8) is 0 Å². The first-order chi connectivity index (χ1) is 16.8. The molecule has 0 unspecified atom stereocenters. The van der Waals surface area contributed by atoms with Gasteiger partial charge in [0.2, 0.25) is 5.91 Å². The first kappa shape index (κ1) is 26.0. The van der Waals surface area contributed by atoms with E-state index in [0.717, 1.165) is 28.7 Å². The smallest absolute Gasteiger partial charge is 0.294 e. The third-order valence-corrected chi connectivity index (χ3v) is 8.51. The highest BCUT2D eigenvalue weighted by Gasteiger charge is 2.39. The number of imide groups is 1. The van der Waals surface area contributed by atoms with Crippen LogP contribution in [0.15, 0.2) is 28.7 Å². The highest BCUT2D eigenvalue weighted by molar-refractivity contribution is 8.18. The number of nitrogens with zero attached hydrogens (tertiary/aromatic N) is 2. The molecular weight excluding hydrogens is 509 g/mol. The second kappa shape index (κ2) is 11.8. The fraction of sp³-hybridized carbons (Fsp3) is 0.520. The number of likely N-dealkylation sites (tertiary alicyclic amines) is 1. The Morgan fingerprint density at radius 2 is 1.77 bits per heavy atom. The van der Waals surface area contributed by atoms with E-state index in [1.807, 2.05) is 0 Å². The zero-order valence-electron chi connectivity index (χ0n) is 19.5. The molecule has 2 heterocycles. The molecule has 1 aromatic rings. The van der Waals surface area contributed by atoms with Crippen LogP contribution in [0.25, 0.3) is 0 Å². The maximum absolute atomic E-state index is 12.9. The van der Waals surface area contributed by atoms with Gasteiger partial charge >= 0.3 is 0 Å². The van der Waals surface area contributed by atoms with Crippen molar-refractivity contribution in [2.24, 2.45) is 5.92 Å². The van der Waals surface area contributed by atoms with E-state index >= 15 is 0 Å². The molecule has 0 spiro atoms. The van der Waals surface area contributed by atoms with Gasteiger partial charge in [0.15, 0.2) is 0 Å². The van der Waals surface area contributed by atoms with Crippen molar-refractivity contribution in [2.75, 3.05) is 26.2 Å². The maximum atomic E-state index is 12.9. The monoisotopic (exact) mass is 537 g/mol. The summed E-state index contributed by atoms with van der Waals surface area (Å²) in [6, 6.07) is 4.77. The lowest BCUT2D eigenvalue weighted by Crippen LogP contribution is -2.40. The summed E-state index contributed by atoms with van der Waals surface area (Å²) in [5.41, 5.74) is 1.19. The molecule has 7 nitrogen and oxygen atoms in total. The van der Waals surface area contributed by atoms with E-state index in [0.29, 0.717) is 58.9 Å². The molecule has 2 saturated heterocycles. The molecule has 3 fully saturated rings. The van der Waals surface area contributed by atoms with Gasteiger partial charge in [-0.05, 0) is 60.7 Å². The van der Waals surface area contributed by atoms with Crippen molar-refractivity contribution in [1.82, 2.24) is 15.1 Å². The molecule has 0 atom stereocenters. The lowest BCUT2D eigenvalue weighted by Gasteiger charge is -2.29. The van der Waals surface area contributed by atoms with Crippen LogP contribution in [0, 0.1) is 5.92 Å². The molecule has 1 saturated carbocycles. The molecule has 10 heteroatoms. The van der Waals surface area contributed by atoms with Crippen LogP contribution >= 0.6 is 35.0 Å². The van der Waals surface area contributed by atoms with Crippen LogP contribution in [0.2, 0.25) is 10.0 Å². The summed E-state index contributed by atoms with van der Waals surface area (Å²) in [6.45, 7) is 1.12. The first-order valence-electron chi connectivity index (χ1n) is 12.1. The van der Waals surface area contributed by atoms with E-state index in [9.17, 15) is 19.2 Å². The Hall–Kier alpha value is -2.03. The van der Waals surface area contributed by atoms with Gasteiger partial charge in [0.25, 0.3) is 17.1 Å². The molecule has 0 aromatic heterocycles. The molecule has 1 N–H and O–H groups in total. The van der Waals surface area contributed by atoms with Crippen LogP contribution in [0.3, 0.4) is 0 Å². The zero-order chi connectivity index (χ0) is 24.9. The number of halogens is 2. The van der Waals surface area contributed by atoms with Gasteiger partial charge in [-0.2, -0.15) is 0 Å². The van der Waals surface area contributed by atoms with E-state index in [1.54, 1.807) is 23.1 Å².